The van der Waals surface area contributed by atoms with Crippen LogP contribution in [0, 0.1) is 18.6 Å². The molecule has 2 aromatic heterocycles. The lowest BCUT2D eigenvalue weighted by Gasteiger charge is -2.61. The zero-order chi connectivity index (χ0) is 25.4. The third-order valence-electron chi connectivity index (χ3n) is 6.72. The Morgan fingerprint density at radius 3 is 2.61 bits per heavy atom. The fourth-order valence-corrected chi connectivity index (χ4v) is 4.85. The topological polar surface area (TPSA) is 78.7 Å². The van der Waals surface area contributed by atoms with Crippen molar-refractivity contribution in [2.24, 2.45) is 0 Å². The highest BCUT2D eigenvalue weighted by molar-refractivity contribution is 5.61. The van der Waals surface area contributed by atoms with Gasteiger partial charge in [0, 0.05) is 18.8 Å². The molecule has 0 N–H and O–H groups in total. The molecule has 2 saturated heterocycles. The summed E-state index contributed by atoms with van der Waals surface area (Å²) in [6.45, 7) is 3.11. The minimum absolute atomic E-state index is 0.0459. The highest BCUT2D eigenvalue weighted by Crippen LogP contribution is 2.51. The summed E-state index contributed by atoms with van der Waals surface area (Å²) in [7, 11) is 0. The first-order valence-electron chi connectivity index (χ1n) is 10.9. The van der Waals surface area contributed by atoms with Crippen LogP contribution in [0.4, 0.5) is 27.8 Å². The molecule has 3 aliphatic heterocycles. The van der Waals surface area contributed by atoms with Crippen LogP contribution in [-0.2, 0) is 24.1 Å². The molecule has 0 amide bonds. The maximum Gasteiger partial charge on any atom is 0.433 e. The zero-order valence-electron chi connectivity index (χ0n) is 18.6. The third-order valence-corrected chi connectivity index (χ3v) is 6.72. The minimum atomic E-state index is -4.74. The quantitative estimate of drug-likeness (QED) is 0.488. The summed E-state index contributed by atoms with van der Waals surface area (Å²) < 4.78 is 85.5. The van der Waals surface area contributed by atoms with Crippen molar-refractivity contribution in [2.75, 3.05) is 18.1 Å². The van der Waals surface area contributed by atoms with Gasteiger partial charge in [-0.2, -0.15) is 18.2 Å². The number of pyridine rings is 1. The van der Waals surface area contributed by atoms with Gasteiger partial charge in [-0.05, 0) is 30.7 Å². The summed E-state index contributed by atoms with van der Waals surface area (Å²) in [5.41, 5.74) is -1.27. The van der Waals surface area contributed by atoms with Crippen molar-refractivity contribution < 1.29 is 36.2 Å². The van der Waals surface area contributed by atoms with E-state index in [1.54, 1.807) is 11.5 Å². The van der Waals surface area contributed by atoms with Gasteiger partial charge in [-0.1, -0.05) is 0 Å². The number of ether oxygens (including phenoxy) is 3. The van der Waals surface area contributed by atoms with Crippen molar-refractivity contribution >= 4 is 5.82 Å². The molecule has 36 heavy (non-hydrogen) atoms. The average Bonchev–Trinajstić information content (AvgIpc) is 3.15. The maximum absolute atomic E-state index is 14.6. The number of aromatic nitrogens is 3. The molecule has 2 atom stereocenters. The van der Waals surface area contributed by atoms with E-state index in [1.165, 1.54) is 0 Å². The first-order chi connectivity index (χ1) is 17.1. The van der Waals surface area contributed by atoms with Gasteiger partial charge >= 0.3 is 11.9 Å². The molecule has 3 aliphatic rings. The summed E-state index contributed by atoms with van der Waals surface area (Å²) in [6.07, 6.45) is -3.84. The van der Waals surface area contributed by atoms with Crippen molar-refractivity contribution in [1.82, 2.24) is 14.5 Å². The van der Waals surface area contributed by atoms with Crippen LogP contribution in [0.5, 0.6) is 17.4 Å². The van der Waals surface area contributed by atoms with Crippen molar-refractivity contribution in [3.63, 3.8) is 0 Å². The van der Waals surface area contributed by atoms with E-state index in [0.717, 1.165) is 24.4 Å². The van der Waals surface area contributed by atoms with Gasteiger partial charge in [0.2, 0.25) is 5.88 Å². The molecule has 188 valence electrons. The van der Waals surface area contributed by atoms with Crippen molar-refractivity contribution in [3.8, 4) is 17.4 Å². The van der Waals surface area contributed by atoms with E-state index < -0.39 is 40.7 Å². The fourth-order valence-electron chi connectivity index (χ4n) is 4.85. The number of halogens is 5. The highest BCUT2D eigenvalue weighted by Gasteiger charge is 2.66. The average molecular weight is 508 g/mol. The van der Waals surface area contributed by atoms with Gasteiger partial charge in [-0.15, -0.1) is 0 Å². The Hall–Kier alpha value is -3.74. The van der Waals surface area contributed by atoms with E-state index in [-0.39, 0.29) is 29.7 Å². The molecule has 8 nitrogen and oxygen atoms in total. The van der Waals surface area contributed by atoms with Gasteiger partial charge in [0.15, 0.2) is 17.4 Å². The number of rotatable bonds is 5. The number of morpholine rings is 1. The summed E-state index contributed by atoms with van der Waals surface area (Å²) >= 11 is 0. The van der Waals surface area contributed by atoms with Crippen LogP contribution in [0.25, 0.3) is 0 Å². The second-order valence-electron chi connectivity index (χ2n) is 8.90. The lowest BCUT2D eigenvalue weighted by atomic mass is 9.79. The van der Waals surface area contributed by atoms with Crippen molar-refractivity contribution in [3.05, 3.63) is 69.4 Å². The number of nitrogens with zero attached hydrogens (tertiary/aromatic N) is 4. The standard InChI is InChI=1S/C23H17F5N4O4/c1-11-19(30-21(33)31-9-22-10-35-17(22)7-32(22)20(11)31)34-8-12-4-14(24)18(15(25)5-12)36-13-2-3-29-16(6-13)23(26,27)28/h2-6,17H,7-10H2,1H3. The van der Waals surface area contributed by atoms with Crippen LogP contribution in [0.3, 0.4) is 0 Å². The van der Waals surface area contributed by atoms with Gasteiger partial charge in [-0.3, -0.25) is 9.55 Å². The molecule has 0 aliphatic carbocycles. The first-order valence-corrected chi connectivity index (χ1v) is 10.9. The van der Waals surface area contributed by atoms with Gasteiger partial charge in [0.25, 0.3) is 0 Å². The normalized spacial score (nSPS) is 21.7. The molecular weight excluding hydrogens is 491 g/mol. The van der Waals surface area contributed by atoms with Crippen LogP contribution in [-0.4, -0.2) is 39.3 Å². The third kappa shape index (κ3) is 3.33. The van der Waals surface area contributed by atoms with Gasteiger partial charge < -0.3 is 19.1 Å². The summed E-state index contributed by atoms with van der Waals surface area (Å²) in [5.74, 6) is -2.85. The second-order valence-corrected chi connectivity index (χ2v) is 8.90. The number of benzene rings is 1. The minimum Gasteiger partial charge on any atom is -0.472 e. The second kappa shape index (κ2) is 7.63. The Bertz CT molecular complexity index is 1440. The van der Waals surface area contributed by atoms with Crippen LogP contribution < -0.4 is 20.1 Å². The SMILES string of the molecule is Cc1c(OCc2cc(F)c(Oc3ccnc(C(F)(F)F)c3)c(F)c2)nc(=O)n2c1N1CC3OCC31C2. The number of hydrogen-bond donors (Lipinski definition) is 0. The Morgan fingerprint density at radius 1 is 1.22 bits per heavy atom. The molecule has 0 bridgehead atoms. The number of anilines is 1. The summed E-state index contributed by atoms with van der Waals surface area (Å²) in [6, 6.07) is 3.45. The monoisotopic (exact) mass is 508 g/mol. The molecule has 13 heteroatoms. The smallest absolute Gasteiger partial charge is 0.433 e. The van der Waals surface area contributed by atoms with Gasteiger partial charge in [0.1, 0.15) is 35.5 Å². The molecule has 3 aromatic rings. The Balaban J connectivity index is 1.21. The van der Waals surface area contributed by atoms with E-state index in [9.17, 15) is 26.7 Å². The Morgan fingerprint density at radius 2 is 1.97 bits per heavy atom. The van der Waals surface area contributed by atoms with E-state index in [1.807, 2.05) is 0 Å². The molecule has 2 fully saturated rings. The Labute approximate surface area is 199 Å². The number of hydrogen-bond acceptors (Lipinski definition) is 7. The molecule has 6 rings (SSSR count). The molecule has 5 heterocycles. The van der Waals surface area contributed by atoms with E-state index in [4.69, 9.17) is 14.2 Å². The number of fused-ring (bicyclic) bond motifs is 2. The van der Waals surface area contributed by atoms with E-state index >= 15 is 0 Å². The van der Waals surface area contributed by atoms with Crippen LogP contribution in [0.15, 0.2) is 35.3 Å². The van der Waals surface area contributed by atoms with Crippen molar-refractivity contribution in [2.45, 2.75) is 37.9 Å². The van der Waals surface area contributed by atoms with Gasteiger partial charge in [-0.25, -0.2) is 13.6 Å². The lowest BCUT2D eigenvalue weighted by Crippen LogP contribution is -2.80. The Kier molecular flexibility index (Phi) is 4.81. The molecule has 1 aromatic carbocycles. The molecule has 0 radical (unpaired) electrons. The van der Waals surface area contributed by atoms with Gasteiger partial charge in [0.05, 0.1) is 18.7 Å². The summed E-state index contributed by atoms with van der Waals surface area (Å²) in [5, 5.41) is 0. The predicted octanol–water partition coefficient (Wildman–Crippen LogP) is 3.59. The molecular formula is C23H17F5N4O4. The van der Waals surface area contributed by atoms with E-state index in [0.29, 0.717) is 37.1 Å². The highest BCUT2D eigenvalue weighted by atomic mass is 19.4. The van der Waals surface area contributed by atoms with Crippen LogP contribution in [0.2, 0.25) is 0 Å². The maximum atomic E-state index is 14.6. The lowest BCUT2D eigenvalue weighted by molar-refractivity contribution is -0.174. The molecule has 0 saturated carbocycles. The van der Waals surface area contributed by atoms with Crippen LogP contribution >= 0.6 is 0 Å². The molecule has 2 unspecified atom stereocenters. The van der Waals surface area contributed by atoms with E-state index in [2.05, 4.69) is 14.9 Å². The number of alkyl halides is 3. The van der Waals surface area contributed by atoms with Crippen LogP contribution in [0.1, 0.15) is 16.8 Å². The first kappa shape index (κ1) is 22.7. The molecule has 1 spiro atoms. The summed E-state index contributed by atoms with van der Waals surface area (Å²) in [4.78, 5) is 21.9. The fraction of sp³-hybridized carbons (Fsp3) is 0.348. The van der Waals surface area contributed by atoms with Crippen molar-refractivity contribution in [1.29, 1.82) is 0 Å². The largest absolute Gasteiger partial charge is 0.472 e. The zero-order valence-corrected chi connectivity index (χ0v) is 18.6. The predicted molar refractivity (Wildman–Crippen MR) is 113 cm³/mol.